The van der Waals surface area contributed by atoms with Crippen molar-refractivity contribution in [1.29, 1.82) is 0 Å². The summed E-state index contributed by atoms with van der Waals surface area (Å²) < 4.78 is 5.24. The largest absolute Gasteiger partial charge is 0.328 e. The van der Waals surface area contributed by atoms with E-state index in [1.54, 1.807) is 0 Å². The third kappa shape index (κ3) is 3.30. The fourth-order valence-electron chi connectivity index (χ4n) is 2.18. The second-order valence-corrected chi connectivity index (χ2v) is 5.63. The van der Waals surface area contributed by atoms with Crippen molar-refractivity contribution in [3.05, 3.63) is 34.1 Å². The van der Waals surface area contributed by atoms with Crippen molar-refractivity contribution in [2.24, 2.45) is 7.05 Å². The zero-order chi connectivity index (χ0) is 14.5. The van der Waals surface area contributed by atoms with Crippen LogP contribution in [0.25, 0.3) is 0 Å². The molecule has 0 radical (unpaired) electrons. The van der Waals surface area contributed by atoms with E-state index in [2.05, 4.69) is 49.7 Å². The van der Waals surface area contributed by atoms with Crippen LogP contribution in [0.15, 0.2) is 16.9 Å². The van der Waals surface area contributed by atoms with Crippen LogP contribution in [0.4, 0.5) is 0 Å². The molecule has 0 aliphatic rings. The molecule has 2 heterocycles. The van der Waals surface area contributed by atoms with Gasteiger partial charge in [0.05, 0.1) is 29.0 Å². The molecule has 0 saturated heterocycles. The van der Waals surface area contributed by atoms with E-state index in [0.717, 1.165) is 48.5 Å². The lowest BCUT2D eigenvalue weighted by Crippen LogP contribution is -2.18. The Labute approximate surface area is 128 Å². The first kappa shape index (κ1) is 15.3. The molecule has 110 valence electrons. The highest BCUT2D eigenvalue weighted by Gasteiger charge is 2.14. The van der Waals surface area contributed by atoms with Gasteiger partial charge in [-0.25, -0.2) is 4.98 Å². The summed E-state index contributed by atoms with van der Waals surface area (Å²) in [6, 6.07) is 0. The Hall–Kier alpha value is -1.14. The molecule has 5 nitrogen and oxygen atoms in total. The maximum atomic E-state index is 4.53. The molecule has 0 aliphatic carbocycles. The summed E-state index contributed by atoms with van der Waals surface area (Å²) in [5, 5.41) is 7.93. The Bertz CT molecular complexity index is 558. The Balaban J connectivity index is 2.14. The Morgan fingerprint density at radius 1 is 1.35 bits per heavy atom. The predicted molar refractivity (Wildman–Crippen MR) is 83.6 cm³/mol. The van der Waals surface area contributed by atoms with Crippen LogP contribution in [-0.2, 0) is 26.6 Å². The monoisotopic (exact) mass is 339 g/mol. The van der Waals surface area contributed by atoms with Crippen LogP contribution in [0.2, 0.25) is 0 Å². The minimum absolute atomic E-state index is 0.785. The smallest absolute Gasteiger partial charge is 0.123 e. The molecule has 0 saturated carbocycles. The zero-order valence-corrected chi connectivity index (χ0v) is 13.9. The third-order valence-electron chi connectivity index (χ3n) is 3.33. The van der Waals surface area contributed by atoms with Crippen LogP contribution in [0, 0.1) is 0 Å². The van der Waals surface area contributed by atoms with Gasteiger partial charge in [-0.1, -0.05) is 13.8 Å². The average Bonchev–Trinajstić information content (AvgIpc) is 2.98. The number of hydrogen-bond acceptors (Lipinski definition) is 3. The van der Waals surface area contributed by atoms with Gasteiger partial charge in [-0.15, -0.1) is 0 Å². The van der Waals surface area contributed by atoms with E-state index in [0.29, 0.717) is 0 Å². The first-order valence-electron chi connectivity index (χ1n) is 7.08. The second kappa shape index (κ2) is 7.04. The van der Waals surface area contributed by atoms with Crippen LogP contribution < -0.4 is 5.32 Å². The van der Waals surface area contributed by atoms with Gasteiger partial charge in [0.25, 0.3) is 0 Å². The lowest BCUT2D eigenvalue weighted by atomic mass is 10.3. The van der Waals surface area contributed by atoms with Gasteiger partial charge in [-0.3, -0.25) is 4.68 Å². The van der Waals surface area contributed by atoms with Gasteiger partial charge in [0, 0.05) is 19.4 Å². The van der Waals surface area contributed by atoms with Crippen molar-refractivity contribution in [2.75, 3.05) is 6.54 Å². The highest BCUT2D eigenvalue weighted by Crippen LogP contribution is 2.22. The van der Waals surface area contributed by atoms with E-state index in [-0.39, 0.29) is 0 Å². The number of halogens is 1. The third-order valence-corrected chi connectivity index (χ3v) is 4.25. The van der Waals surface area contributed by atoms with Crippen molar-refractivity contribution in [2.45, 2.75) is 39.8 Å². The molecule has 6 heteroatoms. The maximum Gasteiger partial charge on any atom is 0.123 e. The predicted octanol–water partition coefficient (Wildman–Crippen LogP) is 2.49. The molecular formula is C14H22BrN5. The standard InChI is InChI=1S/C14H22BrN5/c1-4-6-16-9-13-17-7-8-20(13)10-12-14(15)11(5-2)18-19(12)3/h7-8,16H,4-6,9-10H2,1-3H3. The van der Waals surface area contributed by atoms with Gasteiger partial charge in [0.2, 0.25) is 0 Å². The number of hydrogen-bond donors (Lipinski definition) is 1. The topological polar surface area (TPSA) is 47.7 Å². The summed E-state index contributed by atoms with van der Waals surface area (Å²) in [5.74, 6) is 1.06. The summed E-state index contributed by atoms with van der Waals surface area (Å²) in [7, 11) is 1.99. The molecule has 2 aromatic rings. The van der Waals surface area contributed by atoms with Gasteiger partial charge in [0.15, 0.2) is 0 Å². The van der Waals surface area contributed by atoms with Gasteiger partial charge in [0.1, 0.15) is 5.82 Å². The van der Waals surface area contributed by atoms with Gasteiger partial charge < -0.3 is 9.88 Å². The fraction of sp³-hybridized carbons (Fsp3) is 0.571. The van der Waals surface area contributed by atoms with E-state index in [1.165, 1.54) is 5.69 Å². The molecule has 0 unspecified atom stereocenters. The molecule has 0 aromatic carbocycles. The van der Waals surface area contributed by atoms with E-state index >= 15 is 0 Å². The van der Waals surface area contributed by atoms with Crippen molar-refractivity contribution in [3.8, 4) is 0 Å². The fourth-order valence-corrected chi connectivity index (χ4v) is 2.92. The van der Waals surface area contributed by atoms with Crippen molar-refractivity contribution in [1.82, 2.24) is 24.6 Å². The molecule has 0 fully saturated rings. The van der Waals surface area contributed by atoms with Crippen LogP contribution in [0.3, 0.4) is 0 Å². The van der Waals surface area contributed by atoms with Crippen molar-refractivity contribution >= 4 is 15.9 Å². The van der Waals surface area contributed by atoms with Crippen LogP contribution in [0.1, 0.15) is 37.5 Å². The first-order valence-corrected chi connectivity index (χ1v) is 7.87. The minimum Gasteiger partial charge on any atom is -0.328 e. The van der Waals surface area contributed by atoms with Crippen LogP contribution >= 0.6 is 15.9 Å². The SMILES string of the molecule is CCCNCc1nccn1Cc1c(Br)c(CC)nn1C. The summed E-state index contributed by atoms with van der Waals surface area (Å²) >= 11 is 3.66. The second-order valence-electron chi connectivity index (χ2n) is 4.83. The Morgan fingerprint density at radius 3 is 2.80 bits per heavy atom. The Morgan fingerprint density at radius 2 is 2.15 bits per heavy atom. The van der Waals surface area contributed by atoms with Gasteiger partial charge in [-0.05, 0) is 35.3 Å². The van der Waals surface area contributed by atoms with Crippen LogP contribution in [-0.4, -0.2) is 25.9 Å². The molecule has 0 spiro atoms. The van der Waals surface area contributed by atoms with E-state index < -0.39 is 0 Å². The number of imidazole rings is 1. The van der Waals surface area contributed by atoms with E-state index in [1.807, 2.05) is 24.1 Å². The van der Waals surface area contributed by atoms with Crippen molar-refractivity contribution < 1.29 is 0 Å². The Kier molecular flexibility index (Phi) is 5.37. The van der Waals surface area contributed by atoms with E-state index in [4.69, 9.17) is 0 Å². The molecule has 1 N–H and O–H groups in total. The number of nitrogens with zero attached hydrogens (tertiary/aromatic N) is 4. The molecule has 2 aromatic heterocycles. The summed E-state index contributed by atoms with van der Waals surface area (Å²) in [6.45, 7) is 6.89. The quantitative estimate of drug-likeness (QED) is 0.788. The molecule has 0 amide bonds. The maximum absolute atomic E-state index is 4.53. The highest BCUT2D eigenvalue weighted by molar-refractivity contribution is 9.10. The molecule has 0 bridgehead atoms. The normalized spacial score (nSPS) is 11.2. The number of nitrogens with one attached hydrogen (secondary N) is 1. The van der Waals surface area contributed by atoms with Crippen molar-refractivity contribution in [3.63, 3.8) is 0 Å². The molecule has 20 heavy (non-hydrogen) atoms. The minimum atomic E-state index is 0.785. The lowest BCUT2D eigenvalue weighted by molar-refractivity contribution is 0.596. The van der Waals surface area contributed by atoms with Gasteiger partial charge >= 0.3 is 0 Å². The zero-order valence-electron chi connectivity index (χ0n) is 12.4. The average molecular weight is 340 g/mol. The van der Waals surface area contributed by atoms with E-state index in [9.17, 15) is 0 Å². The molecule has 2 rings (SSSR count). The molecular weight excluding hydrogens is 318 g/mol. The lowest BCUT2D eigenvalue weighted by Gasteiger charge is -2.09. The summed E-state index contributed by atoms with van der Waals surface area (Å²) in [6.07, 6.45) is 5.94. The first-order chi connectivity index (χ1) is 9.67. The number of rotatable bonds is 7. The molecule has 0 atom stereocenters. The molecule has 0 aliphatic heterocycles. The van der Waals surface area contributed by atoms with Gasteiger partial charge in [-0.2, -0.15) is 5.10 Å². The summed E-state index contributed by atoms with van der Waals surface area (Å²) in [4.78, 5) is 4.43. The number of aryl methyl sites for hydroxylation is 2. The van der Waals surface area contributed by atoms with Crippen LogP contribution in [0.5, 0.6) is 0 Å². The number of aromatic nitrogens is 4. The summed E-state index contributed by atoms with van der Waals surface area (Å²) in [5.41, 5.74) is 2.28. The highest BCUT2D eigenvalue weighted by atomic mass is 79.9.